The van der Waals surface area contributed by atoms with Gasteiger partial charge >= 0.3 is 0 Å². The molecule has 3 heteroatoms. The van der Waals surface area contributed by atoms with Crippen molar-refractivity contribution in [1.82, 2.24) is 4.90 Å². The topological polar surface area (TPSA) is 20.3 Å². The molecule has 0 spiro atoms. The highest BCUT2D eigenvalue weighted by molar-refractivity contribution is 9.10. The van der Waals surface area contributed by atoms with Crippen molar-refractivity contribution in [3.63, 3.8) is 0 Å². The summed E-state index contributed by atoms with van der Waals surface area (Å²) in [6, 6.07) is 0. The Bertz CT molecular complexity index is 184. The van der Waals surface area contributed by atoms with Gasteiger partial charge in [0.1, 0.15) is 0 Å². The number of hydrogen-bond acceptors (Lipinski definition) is 1. The zero-order chi connectivity index (χ0) is 9.84. The van der Waals surface area contributed by atoms with Crippen molar-refractivity contribution in [3.05, 3.63) is 0 Å². The maximum absolute atomic E-state index is 11.7. The Morgan fingerprint density at radius 2 is 2.31 bits per heavy atom. The smallest absolute Gasteiger partial charge is 0.236 e. The molecule has 0 aromatic carbocycles. The highest BCUT2D eigenvalue weighted by Crippen LogP contribution is 2.21. The first-order chi connectivity index (χ1) is 6.19. The van der Waals surface area contributed by atoms with E-state index in [2.05, 4.69) is 22.9 Å². The van der Waals surface area contributed by atoms with E-state index < -0.39 is 0 Å². The third-order valence-electron chi connectivity index (χ3n) is 2.80. The second kappa shape index (κ2) is 4.99. The van der Waals surface area contributed by atoms with Crippen LogP contribution in [0.25, 0.3) is 0 Å². The second-order valence-electron chi connectivity index (χ2n) is 3.72. The van der Waals surface area contributed by atoms with Crippen molar-refractivity contribution in [2.45, 2.75) is 37.9 Å². The van der Waals surface area contributed by atoms with Crippen molar-refractivity contribution in [2.24, 2.45) is 5.92 Å². The number of halogens is 1. The van der Waals surface area contributed by atoms with Crippen LogP contribution in [0, 0.1) is 5.92 Å². The van der Waals surface area contributed by atoms with Gasteiger partial charge in [-0.05, 0) is 18.8 Å². The van der Waals surface area contributed by atoms with E-state index in [4.69, 9.17) is 0 Å². The van der Waals surface area contributed by atoms with E-state index >= 15 is 0 Å². The van der Waals surface area contributed by atoms with Gasteiger partial charge in [0.25, 0.3) is 0 Å². The van der Waals surface area contributed by atoms with Crippen LogP contribution >= 0.6 is 15.9 Å². The fourth-order valence-corrected chi connectivity index (χ4v) is 2.03. The van der Waals surface area contributed by atoms with E-state index in [1.54, 1.807) is 0 Å². The van der Waals surface area contributed by atoms with E-state index in [1.165, 1.54) is 12.8 Å². The Morgan fingerprint density at radius 1 is 1.62 bits per heavy atom. The molecule has 1 amide bonds. The summed E-state index contributed by atoms with van der Waals surface area (Å²) < 4.78 is 0. The summed E-state index contributed by atoms with van der Waals surface area (Å²) in [5.41, 5.74) is 0. The van der Waals surface area contributed by atoms with Crippen molar-refractivity contribution < 1.29 is 4.79 Å². The minimum absolute atomic E-state index is 0.0307. The van der Waals surface area contributed by atoms with Gasteiger partial charge in [-0.2, -0.15) is 0 Å². The molecular formula is C10H18BrNO. The van der Waals surface area contributed by atoms with E-state index in [0.29, 0.717) is 0 Å². The molecule has 1 aliphatic heterocycles. The van der Waals surface area contributed by atoms with Crippen molar-refractivity contribution in [1.29, 1.82) is 0 Å². The molecule has 2 atom stereocenters. The molecule has 76 valence electrons. The molecule has 1 rings (SSSR count). The molecule has 1 heterocycles. The first-order valence-electron chi connectivity index (χ1n) is 5.11. The zero-order valence-electron chi connectivity index (χ0n) is 8.42. The molecule has 1 fully saturated rings. The summed E-state index contributed by atoms with van der Waals surface area (Å²) in [4.78, 5) is 13.7. The predicted octanol–water partition coefficient (Wildman–Crippen LogP) is 2.42. The maximum atomic E-state index is 11.7. The lowest BCUT2D eigenvalue weighted by Gasteiger charge is -2.18. The van der Waals surface area contributed by atoms with E-state index in [1.807, 2.05) is 11.8 Å². The summed E-state index contributed by atoms with van der Waals surface area (Å²) >= 11 is 3.40. The third-order valence-corrected chi connectivity index (χ3v) is 3.84. The lowest BCUT2D eigenvalue weighted by molar-refractivity contribution is -0.129. The SMILES string of the molecule is CCC1CCN(C(=O)C(Br)CC)C1. The number of rotatable bonds is 3. The van der Waals surface area contributed by atoms with Crippen LogP contribution in [-0.4, -0.2) is 28.7 Å². The summed E-state index contributed by atoms with van der Waals surface area (Å²) in [6.45, 7) is 6.16. The molecule has 13 heavy (non-hydrogen) atoms. The molecule has 1 saturated heterocycles. The van der Waals surface area contributed by atoms with Gasteiger partial charge in [-0.25, -0.2) is 0 Å². The Kier molecular flexibility index (Phi) is 4.23. The van der Waals surface area contributed by atoms with Gasteiger partial charge in [-0.3, -0.25) is 4.79 Å². The van der Waals surface area contributed by atoms with Crippen LogP contribution in [0.2, 0.25) is 0 Å². The predicted molar refractivity (Wildman–Crippen MR) is 58.0 cm³/mol. The van der Waals surface area contributed by atoms with Gasteiger partial charge in [-0.15, -0.1) is 0 Å². The van der Waals surface area contributed by atoms with Crippen LogP contribution in [0.1, 0.15) is 33.1 Å². The number of alkyl halides is 1. The van der Waals surface area contributed by atoms with Gasteiger partial charge in [0, 0.05) is 13.1 Å². The van der Waals surface area contributed by atoms with Crippen LogP contribution in [-0.2, 0) is 4.79 Å². The van der Waals surface area contributed by atoms with E-state index in [9.17, 15) is 4.79 Å². The fourth-order valence-electron chi connectivity index (χ4n) is 1.74. The van der Waals surface area contributed by atoms with E-state index in [0.717, 1.165) is 25.4 Å². The Balaban J connectivity index is 2.41. The molecule has 2 nitrogen and oxygen atoms in total. The summed E-state index contributed by atoms with van der Waals surface area (Å²) in [5.74, 6) is 1.01. The molecule has 0 aliphatic carbocycles. The number of nitrogens with zero attached hydrogens (tertiary/aromatic N) is 1. The Labute approximate surface area is 88.8 Å². The van der Waals surface area contributed by atoms with Crippen LogP contribution in [0.3, 0.4) is 0 Å². The monoisotopic (exact) mass is 247 g/mol. The highest BCUT2D eigenvalue weighted by atomic mass is 79.9. The fraction of sp³-hybridized carbons (Fsp3) is 0.900. The van der Waals surface area contributed by atoms with Gasteiger partial charge < -0.3 is 4.90 Å². The largest absolute Gasteiger partial charge is 0.341 e. The zero-order valence-corrected chi connectivity index (χ0v) is 10.0. The summed E-state index contributed by atoms with van der Waals surface area (Å²) in [6.07, 6.45) is 3.26. The van der Waals surface area contributed by atoms with Crippen molar-refractivity contribution in [3.8, 4) is 0 Å². The normalized spacial score (nSPS) is 24.8. The van der Waals surface area contributed by atoms with Gasteiger partial charge in [-0.1, -0.05) is 36.2 Å². The lowest BCUT2D eigenvalue weighted by Crippen LogP contribution is -2.34. The molecule has 0 N–H and O–H groups in total. The average molecular weight is 248 g/mol. The quantitative estimate of drug-likeness (QED) is 0.702. The van der Waals surface area contributed by atoms with Crippen LogP contribution < -0.4 is 0 Å². The van der Waals surface area contributed by atoms with Crippen LogP contribution in [0.5, 0.6) is 0 Å². The number of likely N-dealkylation sites (tertiary alicyclic amines) is 1. The molecular weight excluding hydrogens is 230 g/mol. The lowest BCUT2D eigenvalue weighted by atomic mass is 10.1. The maximum Gasteiger partial charge on any atom is 0.236 e. The molecule has 0 aromatic rings. The van der Waals surface area contributed by atoms with Crippen LogP contribution in [0.4, 0.5) is 0 Å². The molecule has 0 radical (unpaired) electrons. The summed E-state index contributed by atoms with van der Waals surface area (Å²) in [5, 5.41) is 0. The number of carbonyl (C=O) groups is 1. The third kappa shape index (κ3) is 2.70. The minimum Gasteiger partial charge on any atom is -0.341 e. The first-order valence-corrected chi connectivity index (χ1v) is 6.03. The number of hydrogen-bond donors (Lipinski definition) is 0. The molecule has 1 aliphatic rings. The van der Waals surface area contributed by atoms with Gasteiger partial charge in [0.05, 0.1) is 4.83 Å². The highest BCUT2D eigenvalue weighted by Gasteiger charge is 2.27. The molecule has 0 saturated carbocycles. The van der Waals surface area contributed by atoms with Crippen molar-refractivity contribution in [2.75, 3.05) is 13.1 Å². The van der Waals surface area contributed by atoms with E-state index in [-0.39, 0.29) is 10.7 Å². The summed E-state index contributed by atoms with van der Waals surface area (Å²) in [7, 11) is 0. The second-order valence-corrected chi connectivity index (χ2v) is 4.83. The molecule has 2 unspecified atom stereocenters. The molecule has 0 bridgehead atoms. The average Bonchev–Trinajstić information content (AvgIpc) is 2.63. The van der Waals surface area contributed by atoms with Crippen molar-refractivity contribution >= 4 is 21.8 Å². The van der Waals surface area contributed by atoms with Gasteiger partial charge in [0.2, 0.25) is 5.91 Å². The van der Waals surface area contributed by atoms with Crippen LogP contribution in [0.15, 0.2) is 0 Å². The minimum atomic E-state index is 0.0307. The number of amides is 1. The first kappa shape index (κ1) is 11.0. The Morgan fingerprint density at radius 3 is 2.77 bits per heavy atom. The molecule has 0 aromatic heterocycles. The Hall–Kier alpha value is -0.0500. The number of carbonyl (C=O) groups excluding carboxylic acids is 1. The van der Waals surface area contributed by atoms with Gasteiger partial charge in [0.15, 0.2) is 0 Å². The standard InChI is InChI=1S/C10H18BrNO/c1-3-8-5-6-12(7-8)10(13)9(11)4-2/h8-9H,3-7H2,1-2H3.